The Morgan fingerprint density at radius 2 is 1.73 bits per heavy atom. The Morgan fingerprint density at radius 1 is 1.20 bits per heavy atom. The van der Waals surface area contributed by atoms with Crippen LogP contribution in [-0.2, 0) is 14.3 Å². The van der Waals surface area contributed by atoms with Gasteiger partial charge in [0, 0.05) is 13.1 Å². The summed E-state index contributed by atoms with van der Waals surface area (Å²) in [4.78, 5) is 25.2. The van der Waals surface area contributed by atoms with Crippen molar-refractivity contribution >= 4 is 11.8 Å². The van der Waals surface area contributed by atoms with Gasteiger partial charge < -0.3 is 10.5 Å². The van der Waals surface area contributed by atoms with Gasteiger partial charge in [-0.15, -0.1) is 0 Å². The molecule has 4 atom stereocenters. The van der Waals surface area contributed by atoms with Gasteiger partial charge in [0.15, 0.2) is 0 Å². The van der Waals surface area contributed by atoms with Crippen LogP contribution in [0.15, 0.2) is 0 Å². The first-order valence-electron chi connectivity index (χ1n) is 5.45. The van der Waals surface area contributed by atoms with Gasteiger partial charge in [0.25, 0.3) is 0 Å². The average Bonchev–Trinajstić information content (AvgIpc) is 2.87. The second-order valence-corrected chi connectivity index (χ2v) is 4.46. The molecule has 0 unspecified atom stereocenters. The minimum absolute atomic E-state index is 0.0146. The highest BCUT2D eigenvalue weighted by Gasteiger charge is 2.61. The van der Waals surface area contributed by atoms with E-state index in [0.29, 0.717) is 13.1 Å². The van der Waals surface area contributed by atoms with Crippen molar-refractivity contribution in [2.75, 3.05) is 13.1 Å². The van der Waals surface area contributed by atoms with Crippen LogP contribution in [0.4, 0.5) is 0 Å². The van der Waals surface area contributed by atoms with E-state index in [0.717, 1.165) is 12.8 Å². The van der Waals surface area contributed by atoms with Crippen molar-refractivity contribution in [3.8, 4) is 0 Å². The van der Waals surface area contributed by atoms with E-state index >= 15 is 0 Å². The molecule has 3 heterocycles. The third kappa shape index (κ3) is 1.05. The van der Waals surface area contributed by atoms with Gasteiger partial charge in [-0.2, -0.15) is 0 Å². The topological polar surface area (TPSA) is 72.6 Å². The molecule has 3 fully saturated rings. The number of hydrogen-bond donors (Lipinski definition) is 1. The van der Waals surface area contributed by atoms with Gasteiger partial charge in [-0.3, -0.25) is 14.5 Å². The summed E-state index contributed by atoms with van der Waals surface area (Å²) in [5.41, 5.74) is 5.39. The summed E-state index contributed by atoms with van der Waals surface area (Å²) in [5, 5.41) is 0. The van der Waals surface area contributed by atoms with Gasteiger partial charge in [0.05, 0.1) is 24.0 Å². The largest absolute Gasteiger partial charge is 0.373 e. The normalized spacial score (nSPS) is 42.9. The minimum Gasteiger partial charge on any atom is -0.373 e. The molecule has 0 aliphatic carbocycles. The van der Waals surface area contributed by atoms with Crippen LogP contribution in [0.25, 0.3) is 0 Å². The Labute approximate surface area is 87.5 Å². The van der Waals surface area contributed by atoms with Crippen LogP contribution in [0, 0.1) is 11.8 Å². The molecular formula is C10H14N2O3. The third-order valence-corrected chi connectivity index (χ3v) is 3.73. The molecule has 2 N–H and O–H groups in total. The van der Waals surface area contributed by atoms with Gasteiger partial charge in [-0.25, -0.2) is 0 Å². The van der Waals surface area contributed by atoms with Crippen LogP contribution < -0.4 is 5.73 Å². The second kappa shape index (κ2) is 3.02. The number of imide groups is 1. The lowest BCUT2D eigenvalue weighted by Gasteiger charge is -2.15. The smallest absolute Gasteiger partial charge is 0.235 e. The number of rotatable bonds is 2. The van der Waals surface area contributed by atoms with Crippen molar-refractivity contribution in [3.63, 3.8) is 0 Å². The summed E-state index contributed by atoms with van der Waals surface area (Å²) < 4.78 is 5.61. The number of hydrogen-bond acceptors (Lipinski definition) is 4. The van der Waals surface area contributed by atoms with E-state index in [4.69, 9.17) is 10.5 Å². The molecule has 3 saturated heterocycles. The number of amides is 2. The zero-order valence-corrected chi connectivity index (χ0v) is 8.39. The molecule has 3 rings (SSSR count). The third-order valence-electron chi connectivity index (χ3n) is 3.73. The van der Waals surface area contributed by atoms with Crippen molar-refractivity contribution < 1.29 is 14.3 Å². The summed E-state index contributed by atoms with van der Waals surface area (Å²) in [6, 6.07) is 0. The number of likely N-dealkylation sites (tertiary alicyclic amines) is 1. The van der Waals surface area contributed by atoms with Gasteiger partial charge in [0.2, 0.25) is 11.8 Å². The molecule has 0 saturated carbocycles. The molecule has 0 aromatic rings. The van der Waals surface area contributed by atoms with Crippen molar-refractivity contribution in [2.45, 2.75) is 25.0 Å². The highest BCUT2D eigenvalue weighted by molar-refractivity contribution is 6.06. The maximum absolute atomic E-state index is 11.9. The summed E-state index contributed by atoms with van der Waals surface area (Å²) in [6.07, 6.45) is 1.81. The first-order valence-corrected chi connectivity index (χ1v) is 5.45. The molecule has 3 aliphatic heterocycles. The predicted molar refractivity (Wildman–Crippen MR) is 50.6 cm³/mol. The molecule has 0 aromatic carbocycles. The second-order valence-electron chi connectivity index (χ2n) is 4.46. The maximum Gasteiger partial charge on any atom is 0.235 e. The van der Waals surface area contributed by atoms with Gasteiger partial charge in [-0.1, -0.05) is 0 Å². The van der Waals surface area contributed by atoms with E-state index in [1.165, 1.54) is 4.90 Å². The molecule has 0 radical (unpaired) electrons. The van der Waals surface area contributed by atoms with Crippen LogP contribution in [0.3, 0.4) is 0 Å². The van der Waals surface area contributed by atoms with Crippen LogP contribution in [0.5, 0.6) is 0 Å². The van der Waals surface area contributed by atoms with Crippen LogP contribution in [0.2, 0.25) is 0 Å². The van der Waals surface area contributed by atoms with Gasteiger partial charge in [-0.05, 0) is 12.8 Å². The predicted octanol–water partition coefficient (Wildman–Crippen LogP) is -0.892. The summed E-state index contributed by atoms with van der Waals surface area (Å²) in [6.45, 7) is 0.692. The monoisotopic (exact) mass is 210 g/mol. The maximum atomic E-state index is 11.9. The molecule has 5 heteroatoms. The summed E-state index contributed by atoms with van der Waals surface area (Å²) >= 11 is 0. The van der Waals surface area contributed by atoms with Crippen molar-refractivity contribution in [1.29, 1.82) is 0 Å². The Hall–Kier alpha value is -0.940. The van der Waals surface area contributed by atoms with E-state index in [1.807, 2.05) is 0 Å². The summed E-state index contributed by atoms with van der Waals surface area (Å²) in [5.74, 6) is -0.545. The van der Waals surface area contributed by atoms with Gasteiger partial charge in [0.1, 0.15) is 0 Å². The van der Waals surface area contributed by atoms with E-state index in [2.05, 4.69) is 0 Å². The van der Waals surface area contributed by atoms with E-state index < -0.39 is 0 Å². The number of nitrogens with zero attached hydrogens (tertiary/aromatic N) is 1. The Balaban J connectivity index is 1.90. The Bertz CT molecular complexity index is 303. The molecule has 15 heavy (non-hydrogen) atoms. The molecule has 0 spiro atoms. The molecule has 2 amide bonds. The van der Waals surface area contributed by atoms with Crippen LogP contribution in [0.1, 0.15) is 12.8 Å². The fraction of sp³-hybridized carbons (Fsp3) is 0.800. The number of fused-ring (bicyclic) bond motifs is 5. The fourth-order valence-corrected chi connectivity index (χ4v) is 3.12. The summed E-state index contributed by atoms with van der Waals surface area (Å²) in [7, 11) is 0. The first kappa shape index (κ1) is 9.30. The fourth-order valence-electron chi connectivity index (χ4n) is 3.12. The van der Waals surface area contributed by atoms with Gasteiger partial charge >= 0.3 is 0 Å². The molecule has 2 bridgehead atoms. The molecule has 0 aromatic heterocycles. The Kier molecular flexibility index (Phi) is 1.87. The standard InChI is InChI=1S/C10H14N2O3/c11-3-4-12-9(13)7-5-1-2-6(15-5)8(7)10(12)14/h5-8H,1-4,11H2/t5-,6-,7-,8+/m1/s1. The van der Waals surface area contributed by atoms with Crippen molar-refractivity contribution in [1.82, 2.24) is 4.90 Å². The zero-order valence-electron chi connectivity index (χ0n) is 8.39. The lowest BCUT2D eigenvalue weighted by atomic mass is 9.81. The highest BCUT2D eigenvalue weighted by Crippen LogP contribution is 2.48. The Morgan fingerprint density at radius 3 is 2.20 bits per heavy atom. The quantitative estimate of drug-likeness (QED) is 0.600. The zero-order chi connectivity index (χ0) is 10.6. The van der Waals surface area contributed by atoms with E-state index in [9.17, 15) is 9.59 Å². The van der Waals surface area contributed by atoms with E-state index in [-0.39, 0.29) is 35.9 Å². The van der Waals surface area contributed by atoms with Crippen LogP contribution in [-0.4, -0.2) is 42.0 Å². The lowest BCUT2D eigenvalue weighted by Crippen LogP contribution is -2.37. The molecule has 82 valence electrons. The van der Waals surface area contributed by atoms with Crippen LogP contribution >= 0.6 is 0 Å². The number of nitrogens with two attached hydrogens (primary N) is 1. The van der Waals surface area contributed by atoms with Crippen molar-refractivity contribution in [2.24, 2.45) is 17.6 Å². The molecular weight excluding hydrogens is 196 g/mol. The first-order chi connectivity index (χ1) is 7.24. The van der Waals surface area contributed by atoms with E-state index in [1.54, 1.807) is 0 Å². The number of ether oxygens (including phenoxy) is 1. The molecule has 5 nitrogen and oxygen atoms in total. The minimum atomic E-state index is -0.206. The lowest BCUT2D eigenvalue weighted by molar-refractivity contribution is -0.142. The molecule has 3 aliphatic rings. The number of carbonyl (C=O) groups excluding carboxylic acids is 2. The average molecular weight is 210 g/mol. The highest BCUT2D eigenvalue weighted by atomic mass is 16.5. The SMILES string of the molecule is NCCN1C(=O)[C@@H]2[C@H](C1=O)[C@H]1CC[C@H]2O1. The number of carbonyl (C=O) groups is 2. The van der Waals surface area contributed by atoms with Crippen molar-refractivity contribution in [3.05, 3.63) is 0 Å².